The highest BCUT2D eigenvalue weighted by molar-refractivity contribution is 7.79. The molecular formula is C13H16N2O6S. The molecule has 9 heteroatoms. The molecule has 2 heterocycles. The molecule has 0 N–H and O–H groups in total. The van der Waals surface area contributed by atoms with Gasteiger partial charge in [-0.1, -0.05) is 0 Å². The summed E-state index contributed by atoms with van der Waals surface area (Å²) in [5, 5.41) is 0. The number of imide groups is 2. The van der Waals surface area contributed by atoms with Crippen molar-refractivity contribution in [1.29, 1.82) is 0 Å². The highest BCUT2D eigenvalue weighted by Gasteiger charge is 2.25. The number of rotatable bonds is 2. The van der Waals surface area contributed by atoms with E-state index in [9.17, 15) is 24.0 Å². The number of ether oxygens (including phenoxy) is 1. The minimum Gasteiger partial charge on any atom is -0.468 e. The number of likely N-dealkylation sites (N-methyl/N-ethyl adjacent to an activating group) is 1. The van der Waals surface area contributed by atoms with Crippen molar-refractivity contribution in [2.24, 2.45) is 0 Å². The predicted octanol–water partition coefficient (Wildman–Crippen LogP) is -0.828. The van der Waals surface area contributed by atoms with Crippen LogP contribution in [0.5, 0.6) is 0 Å². The van der Waals surface area contributed by atoms with Crippen LogP contribution in [-0.2, 0) is 28.7 Å². The lowest BCUT2D eigenvalue weighted by atomic mass is 10.5. The number of esters is 1. The van der Waals surface area contributed by atoms with Crippen LogP contribution < -0.4 is 0 Å². The van der Waals surface area contributed by atoms with Crippen molar-refractivity contribution < 1.29 is 28.7 Å². The van der Waals surface area contributed by atoms with E-state index in [1.807, 2.05) is 0 Å². The zero-order valence-corrected chi connectivity index (χ0v) is 13.2. The third-order valence-electron chi connectivity index (χ3n) is 2.45. The second-order valence-electron chi connectivity index (χ2n) is 3.74. The van der Waals surface area contributed by atoms with Crippen LogP contribution >= 0.6 is 12.6 Å². The van der Waals surface area contributed by atoms with E-state index in [4.69, 9.17) is 0 Å². The molecule has 22 heavy (non-hydrogen) atoms. The number of methoxy groups -OCH3 is 1. The van der Waals surface area contributed by atoms with Crippen molar-refractivity contribution in [3.05, 3.63) is 24.3 Å². The van der Waals surface area contributed by atoms with Gasteiger partial charge in [0.2, 0.25) is 0 Å². The van der Waals surface area contributed by atoms with Crippen LogP contribution in [0.15, 0.2) is 24.3 Å². The number of thiol groups is 1. The number of carbonyl (C=O) groups excluding carboxylic acids is 5. The van der Waals surface area contributed by atoms with Crippen molar-refractivity contribution in [3.8, 4) is 0 Å². The largest absolute Gasteiger partial charge is 0.468 e. The molecule has 0 spiro atoms. The molecule has 2 aliphatic rings. The standard InChI is InChI=1S/C7H7NO4.C5H5NO2.CH4S/c1-12-7(11)4-8-5(9)2-3-6(8)10;1-6-4(7)2-3-5(6)8;1-2/h2-3H,4H2,1H3;2-3H,1H3;2H,1H3. The van der Waals surface area contributed by atoms with E-state index in [0.29, 0.717) is 0 Å². The van der Waals surface area contributed by atoms with Gasteiger partial charge in [0, 0.05) is 31.4 Å². The Kier molecular flexibility index (Phi) is 8.46. The van der Waals surface area contributed by atoms with E-state index in [0.717, 1.165) is 22.0 Å². The fourth-order valence-electron chi connectivity index (χ4n) is 1.26. The van der Waals surface area contributed by atoms with Gasteiger partial charge in [0.1, 0.15) is 6.54 Å². The van der Waals surface area contributed by atoms with Crippen molar-refractivity contribution in [1.82, 2.24) is 9.80 Å². The average molecular weight is 328 g/mol. The van der Waals surface area contributed by atoms with Gasteiger partial charge in [-0.3, -0.25) is 33.8 Å². The highest BCUT2D eigenvalue weighted by Crippen LogP contribution is 2.02. The molecule has 2 rings (SSSR count). The van der Waals surface area contributed by atoms with Crippen LogP contribution in [0.4, 0.5) is 0 Å². The first-order valence-electron chi connectivity index (χ1n) is 5.91. The van der Waals surface area contributed by atoms with Gasteiger partial charge >= 0.3 is 5.97 Å². The van der Waals surface area contributed by atoms with Gasteiger partial charge in [0.05, 0.1) is 7.11 Å². The average Bonchev–Trinajstić information content (AvgIpc) is 3.00. The van der Waals surface area contributed by atoms with Crippen LogP contribution in [0.2, 0.25) is 0 Å². The summed E-state index contributed by atoms with van der Waals surface area (Å²) in [7, 11) is 2.64. The summed E-state index contributed by atoms with van der Waals surface area (Å²) < 4.78 is 4.30. The van der Waals surface area contributed by atoms with E-state index < -0.39 is 17.8 Å². The number of nitrogens with zero attached hydrogens (tertiary/aromatic N) is 2. The van der Waals surface area contributed by atoms with E-state index in [1.165, 1.54) is 26.3 Å². The van der Waals surface area contributed by atoms with Crippen LogP contribution in [0.1, 0.15) is 0 Å². The highest BCUT2D eigenvalue weighted by atomic mass is 32.1. The van der Waals surface area contributed by atoms with Gasteiger partial charge in [-0.05, 0) is 6.26 Å². The van der Waals surface area contributed by atoms with Crippen molar-refractivity contribution >= 4 is 42.2 Å². The fourth-order valence-corrected chi connectivity index (χ4v) is 1.26. The van der Waals surface area contributed by atoms with Crippen molar-refractivity contribution in [2.45, 2.75) is 0 Å². The van der Waals surface area contributed by atoms with Crippen LogP contribution in [0.3, 0.4) is 0 Å². The van der Waals surface area contributed by atoms with Crippen LogP contribution in [-0.4, -0.2) is 66.4 Å². The quantitative estimate of drug-likeness (QED) is 0.403. The normalized spacial score (nSPS) is 15.5. The Hall–Kier alpha value is -2.42. The minimum atomic E-state index is -0.611. The van der Waals surface area contributed by atoms with Gasteiger partial charge in [-0.15, -0.1) is 0 Å². The van der Waals surface area contributed by atoms with Gasteiger partial charge in [-0.25, -0.2) is 0 Å². The lowest BCUT2D eigenvalue weighted by Crippen LogP contribution is -2.35. The molecule has 2 aliphatic heterocycles. The van der Waals surface area contributed by atoms with Crippen molar-refractivity contribution in [3.63, 3.8) is 0 Å². The summed E-state index contributed by atoms with van der Waals surface area (Å²) >= 11 is 3.53. The summed E-state index contributed by atoms with van der Waals surface area (Å²) in [5.74, 6) is -2.05. The molecule has 0 unspecified atom stereocenters. The first-order chi connectivity index (χ1) is 10.4. The number of hydrogen-bond acceptors (Lipinski definition) is 7. The maximum absolute atomic E-state index is 10.8. The molecule has 4 amide bonds. The number of carbonyl (C=O) groups is 5. The smallest absolute Gasteiger partial charge is 0.325 e. The summed E-state index contributed by atoms with van der Waals surface area (Å²) in [5.41, 5.74) is 0. The SMILES string of the molecule is CN1C(=O)C=CC1=O.COC(=O)CN1C(=O)C=CC1=O.CS. The number of amides is 4. The summed E-state index contributed by atoms with van der Waals surface area (Å²) in [6, 6.07) is 0. The Morgan fingerprint density at radius 3 is 1.59 bits per heavy atom. The molecular weight excluding hydrogens is 312 g/mol. The monoisotopic (exact) mass is 328 g/mol. The molecule has 0 radical (unpaired) electrons. The molecule has 0 aromatic heterocycles. The maximum Gasteiger partial charge on any atom is 0.325 e. The second-order valence-corrected chi connectivity index (χ2v) is 3.74. The Bertz CT molecular complexity index is 505. The molecule has 0 aliphatic carbocycles. The van der Waals surface area contributed by atoms with E-state index in [-0.39, 0.29) is 18.4 Å². The molecule has 0 bridgehead atoms. The minimum absolute atomic E-state index is 0.241. The van der Waals surface area contributed by atoms with Crippen LogP contribution in [0, 0.1) is 0 Å². The van der Waals surface area contributed by atoms with E-state index >= 15 is 0 Å². The van der Waals surface area contributed by atoms with Gasteiger partial charge in [0.25, 0.3) is 23.6 Å². The Labute approximate surface area is 132 Å². The third kappa shape index (κ3) is 5.52. The van der Waals surface area contributed by atoms with Gasteiger partial charge in [-0.2, -0.15) is 12.6 Å². The molecule has 0 fully saturated rings. The predicted molar refractivity (Wildman–Crippen MR) is 79.7 cm³/mol. The summed E-state index contributed by atoms with van der Waals surface area (Å²) in [4.78, 5) is 55.0. The lowest BCUT2D eigenvalue weighted by molar-refractivity contribution is -0.149. The van der Waals surface area contributed by atoms with Gasteiger partial charge in [0.15, 0.2) is 0 Å². The molecule has 0 aromatic rings. The van der Waals surface area contributed by atoms with Crippen molar-refractivity contribution in [2.75, 3.05) is 27.0 Å². The molecule has 0 aromatic carbocycles. The zero-order valence-electron chi connectivity index (χ0n) is 12.3. The number of hydrogen-bond donors (Lipinski definition) is 1. The van der Waals surface area contributed by atoms with Gasteiger partial charge < -0.3 is 4.74 Å². The van der Waals surface area contributed by atoms with E-state index in [2.05, 4.69) is 17.4 Å². The second kappa shape index (κ2) is 9.50. The maximum atomic E-state index is 10.8. The zero-order chi connectivity index (χ0) is 17.3. The summed E-state index contributed by atoms with van der Waals surface area (Å²) in [6.45, 7) is -0.318. The summed E-state index contributed by atoms with van der Waals surface area (Å²) in [6.07, 6.45) is 6.43. The fraction of sp³-hybridized carbons (Fsp3) is 0.308. The molecule has 0 atom stereocenters. The topological polar surface area (TPSA) is 101 Å². The molecule has 0 saturated carbocycles. The van der Waals surface area contributed by atoms with E-state index in [1.54, 1.807) is 6.26 Å². The first kappa shape index (κ1) is 19.6. The Morgan fingerprint density at radius 1 is 0.955 bits per heavy atom. The lowest BCUT2D eigenvalue weighted by Gasteiger charge is -2.10. The van der Waals surface area contributed by atoms with Crippen LogP contribution in [0.25, 0.3) is 0 Å². The Balaban J connectivity index is 0.000000382. The molecule has 0 saturated heterocycles. The Morgan fingerprint density at radius 2 is 1.32 bits per heavy atom. The molecule has 8 nitrogen and oxygen atoms in total. The first-order valence-corrected chi connectivity index (χ1v) is 6.81. The third-order valence-corrected chi connectivity index (χ3v) is 2.45. The molecule has 120 valence electrons.